The Morgan fingerprint density at radius 3 is 1.03 bits per heavy atom. The lowest BCUT2D eigenvalue weighted by Gasteiger charge is -2.39. The predicted molar refractivity (Wildman–Crippen MR) is 177 cm³/mol. The molecule has 0 nitrogen and oxygen atoms in total. The van der Waals surface area contributed by atoms with Gasteiger partial charge in [-0.1, -0.05) is 156 Å². The Bertz CT molecular complexity index is 1120. The minimum absolute atomic E-state index is 0.0458. The van der Waals surface area contributed by atoms with Crippen LogP contribution in [-0.4, -0.2) is 0 Å². The summed E-state index contributed by atoms with van der Waals surface area (Å²) in [7, 11) is 0. The summed E-state index contributed by atoms with van der Waals surface area (Å²) in [4.78, 5) is 0. The van der Waals surface area contributed by atoms with Crippen LogP contribution in [0.2, 0.25) is 0 Å². The third-order valence-electron chi connectivity index (χ3n) is 8.41. The van der Waals surface area contributed by atoms with Gasteiger partial charge in [0.25, 0.3) is 0 Å². The number of rotatable bonds is 3. The second kappa shape index (κ2) is 10.4. The second-order valence-corrected chi connectivity index (χ2v) is 18.4. The van der Waals surface area contributed by atoms with E-state index in [2.05, 4.69) is 156 Å². The number of hydrogen-bond acceptors (Lipinski definition) is 0. The molecule has 220 valence electrons. The molecule has 2 rings (SSSR count). The van der Waals surface area contributed by atoms with E-state index < -0.39 is 0 Å². The molecule has 0 saturated heterocycles. The third kappa shape index (κ3) is 7.40. The first-order chi connectivity index (χ1) is 17.1. The molecule has 0 saturated carbocycles. The largest absolute Gasteiger partial charge is 0.0645 e. The van der Waals surface area contributed by atoms with Gasteiger partial charge in [0.15, 0.2) is 0 Å². The van der Waals surface area contributed by atoms with Crippen LogP contribution in [0.1, 0.15) is 188 Å². The Kier molecular flexibility index (Phi) is 8.94. The maximum Gasteiger partial charge on any atom is 0.00956 e. The van der Waals surface area contributed by atoms with E-state index in [1.807, 2.05) is 0 Å². The topological polar surface area (TPSA) is 0 Å². The molecule has 39 heavy (non-hydrogen) atoms. The van der Waals surface area contributed by atoms with Gasteiger partial charge in [-0.2, -0.15) is 0 Å². The predicted octanol–water partition coefficient (Wildman–Crippen LogP) is 12.0. The molecule has 1 unspecified atom stereocenters. The zero-order valence-corrected chi connectivity index (χ0v) is 29.6. The molecule has 0 aliphatic rings. The van der Waals surface area contributed by atoms with Crippen LogP contribution in [0.5, 0.6) is 0 Å². The molecule has 0 spiro atoms. The van der Waals surface area contributed by atoms with Crippen LogP contribution >= 0.6 is 0 Å². The van der Waals surface area contributed by atoms with Gasteiger partial charge in [0.05, 0.1) is 0 Å². The van der Waals surface area contributed by atoms with Crippen molar-refractivity contribution in [2.24, 2.45) is 0 Å². The smallest absolute Gasteiger partial charge is 0.00956 e. The lowest BCUT2D eigenvalue weighted by atomic mass is 9.65. The van der Waals surface area contributed by atoms with Crippen molar-refractivity contribution in [1.29, 1.82) is 0 Å². The van der Waals surface area contributed by atoms with Gasteiger partial charge in [-0.3, -0.25) is 0 Å². The molecule has 0 bridgehead atoms. The Morgan fingerprint density at radius 2 is 0.744 bits per heavy atom. The Hall–Kier alpha value is -1.56. The Labute approximate surface area is 244 Å². The number of hydrogen-bond donors (Lipinski definition) is 0. The molecule has 0 aliphatic heterocycles. The second-order valence-electron chi connectivity index (χ2n) is 18.4. The van der Waals surface area contributed by atoms with Gasteiger partial charge in [0, 0.05) is 5.92 Å². The fraction of sp³-hybridized carbons (Fsp3) is 0.692. The van der Waals surface area contributed by atoms with Crippen molar-refractivity contribution in [3.63, 3.8) is 0 Å². The summed E-state index contributed by atoms with van der Waals surface area (Å²) in [6.45, 7) is 45.4. The molecule has 2 aromatic rings. The van der Waals surface area contributed by atoms with Crippen molar-refractivity contribution in [1.82, 2.24) is 0 Å². The summed E-state index contributed by atoms with van der Waals surface area (Å²) in [5.74, 6) is 0.340. The molecule has 0 aliphatic carbocycles. The summed E-state index contributed by atoms with van der Waals surface area (Å²) in [6, 6.07) is 10.3. The molecule has 0 amide bonds. The van der Waals surface area contributed by atoms with E-state index in [1.165, 1.54) is 38.9 Å². The Morgan fingerprint density at radius 1 is 0.410 bits per heavy atom. The molecule has 0 heterocycles. The van der Waals surface area contributed by atoms with E-state index in [0.29, 0.717) is 5.92 Å². The quantitative estimate of drug-likeness (QED) is 0.369. The molecule has 1 atom stereocenters. The summed E-state index contributed by atoms with van der Waals surface area (Å²) in [5, 5.41) is 0. The van der Waals surface area contributed by atoms with Crippen LogP contribution in [0, 0.1) is 0 Å². The average molecular weight is 533 g/mol. The zero-order chi connectivity index (χ0) is 30.7. The molecule has 0 radical (unpaired) electrons. The standard InChI is InChI=1S/C39H64/c1-20-26(27-23-29(36(8,9)10)30(37(11,12)13)24-28(27)35(5,6)7)33-31(38(14,15)16)21-25(34(2,3)4)22-32(33)39(17,18)19/h21-24,26H,20H2,1-19H3. The number of benzene rings is 2. The van der Waals surface area contributed by atoms with E-state index in [-0.39, 0.29) is 32.5 Å². The van der Waals surface area contributed by atoms with Gasteiger partial charge >= 0.3 is 0 Å². The van der Waals surface area contributed by atoms with Gasteiger partial charge in [0.2, 0.25) is 0 Å². The third-order valence-corrected chi connectivity index (χ3v) is 8.41. The van der Waals surface area contributed by atoms with Crippen molar-refractivity contribution < 1.29 is 0 Å². The SMILES string of the molecule is CCC(c1cc(C(C)(C)C)c(C(C)(C)C)cc1C(C)(C)C)c1c(C(C)(C)C)cc(C(C)(C)C)cc1C(C)(C)C. The highest BCUT2D eigenvalue weighted by molar-refractivity contribution is 5.56. The first-order valence-corrected chi connectivity index (χ1v) is 15.5. The first kappa shape index (κ1) is 33.6. The maximum absolute atomic E-state index is 2.63. The van der Waals surface area contributed by atoms with Gasteiger partial charge in [-0.05, 0) is 83.4 Å². The van der Waals surface area contributed by atoms with Crippen LogP contribution in [-0.2, 0) is 32.5 Å². The van der Waals surface area contributed by atoms with E-state index >= 15 is 0 Å². The highest BCUT2D eigenvalue weighted by Crippen LogP contribution is 2.48. The van der Waals surface area contributed by atoms with Crippen molar-refractivity contribution in [3.05, 3.63) is 68.8 Å². The molecule has 0 fully saturated rings. The van der Waals surface area contributed by atoms with Crippen LogP contribution in [0.4, 0.5) is 0 Å². The van der Waals surface area contributed by atoms with E-state index in [4.69, 9.17) is 0 Å². The molecule has 2 aromatic carbocycles. The minimum atomic E-state index is 0.0458. The molecule has 0 heteroatoms. The lowest BCUT2D eigenvalue weighted by molar-refractivity contribution is 0.511. The zero-order valence-electron chi connectivity index (χ0n) is 29.6. The van der Waals surface area contributed by atoms with Gasteiger partial charge in [0.1, 0.15) is 0 Å². The minimum Gasteiger partial charge on any atom is -0.0645 e. The normalized spacial score (nSPS) is 15.1. The van der Waals surface area contributed by atoms with Crippen molar-refractivity contribution in [2.75, 3.05) is 0 Å². The summed E-state index contributed by atoms with van der Waals surface area (Å²) in [5.41, 5.74) is 12.5. The average Bonchev–Trinajstić information content (AvgIpc) is 2.69. The summed E-state index contributed by atoms with van der Waals surface area (Å²) < 4.78 is 0. The fourth-order valence-corrected chi connectivity index (χ4v) is 6.08. The van der Waals surface area contributed by atoms with Gasteiger partial charge in [-0.15, -0.1) is 0 Å². The fourth-order valence-electron chi connectivity index (χ4n) is 6.08. The molecular formula is C39H64. The Balaban J connectivity index is 3.24. The van der Waals surface area contributed by atoms with Crippen molar-refractivity contribution in [2.45, 2.75) is 176 Å². The highest BCUT2D eigenvalue weighted by atomic mass is 14.4. The summed E-state index contributed by atoms with van der Waals surface area (Å²) >= 11 is 0. The monoisotopic (exact) mass is 533 g/mol. The molecule has 0 aromatic heterocycles. The van der Waals surface area contributed by atoms with Crippen LogP contribution in [0.3, 0.4) is 0 Å². The van der Waals surface area contributed by atoms with E-state index in [9.17, 15) is 0 Å². The molecular weight excluding hydrogens is 468 g/mol. The van der Waals surface area contributed by atoms with Crippen LogP contribution in [0.25, 0.3) is 0 Å². The van der Waals surface area contributed by atoms with E-state index in [1.54, 1.807) is 5.56 Å². The van der Waals surface area contributed by atoms with Crippen LogP contribution in [0.15, 0.2) is 24.3 Å². The maximum atomic E-state index is 2.63. The lowest BCUT2D eigenvalue weighted by Crippen LogP contribution is -2.29. The van der Waals surface area contributed by atoms with E-state index in [0.717, 1.165) is 6.42 Å². The van der Waals surface area contributed by atoms with Crippen molar-refractivity contribution in [3.8, 4) is 0 Å². The van der Waals surface area contributed by atoms with Crippen LogP contribution < -0.4 is 0 Å². The molecule has 0 N–H and O–H groups in total. The summed E-state index contributed by atoms with van der Waals surface area (Å²) in [6.07, 6.45) is 1.09. The first-order valence-electron chi connectivity index (χ1n) is 15.5. The van der Waals surface area contributed by atoms with Gasteiger partial charge < -0.3 is 0 Å². The highest BCUT2D eigenvalue weighted by Gasteiger charge is 2.36. The van der Waals surface area contributed by atoms with Gasteiger partial charge in [-0.25, -0.2) is 0 Å². The van der Waals surface area contributed by atoms with Crippen molar-refractivity contribution >= 4 is 0 Å².